The molecule has 8 heavy (non-hydrogen) atoms. The molecule has 0 heterocycles. The molecule has 50 valence electrons. The molecule has 0 spiro atoms. The van der Waals surface area contributed by atoms with Gasteiger partial charge in [0.25, 0.3) is 0 Å². The molecule has 0 saturated heterocycles. The van der Waals surface area contributed by atoms with Gasteiger partial charge in [0.1, 0.15) is 0 Å². The number of nitrogens with one attached hydrogen (secondary N) is 1. The van der Waals surface area contributed by atoms with Gasteiger partial charge in [0, 0.05) is 28.9 Å². The quantitative estimate of drug-likeness (QED) is 0.589. The first-order valence-electron chi connectivity index (χ1n) is 2.64. The molecule has 0 amide bonds. The van der Waals surface area contributed by atoms with E-state index in [1.165, 1.54) is 0 Å². The fraction of sp³-hybridized carbons (Fsp3) is 1.00. The summed E-state index contributed by atoms with van der Waals surface area (Å²) in [6.07, 6.45) is 1.72. The number of hydrogen-bond acceptors (Lipinski definition) is 2. The van der Waals surface area contributed by atoms with E-state index in [4.69, 9.17) is 0 Å². The third-order valence-corrected chi connectivity index (χ3v) is 1.95. The molecule has 3 heteroatoms. The molecule has 0 radical (unpaired) electrons. The van der Waals surface area contributed by atoms with Crippen molar-refractivity contribution in [2.75, 3.05) is 19.1 Å². The van der Waals surface area contributed by atoms with E-state index in [0.29, 0.717) is 6.04 Å². The van der Waals surface area contributed by atoms with Crippen molar-refractivity contribution in [1.82, 2.24) is 5.32 Å². The second-order valence-electron chi connectivity index (χ2n) is 1.93. The van der Waals surface area contributed by atoms with Crippen LogP contribution in [0.2, 0.25) is 0 Å². The van der Waals surface area contributed by atoms with Crippen LogP contribution in [0.1, 0.15) is 6.92 Å². The van der Waals surface area contributed by atoms with Crippen LogP contribution in [-0.4, -0.2) is 29.3 Å². The average molecular weight is 135 g/mol. The van der Waals surface area contributed by atoms with Gasteiger partial charge < -0.3 is 5.32 Å². The summed E-state index contributed by atoms with van der Waals surface area (Å²) in [4.78, 5) is 0. The molecule has 0 aliphatic heterocycles. The van der Waals surface area contributed by atoms with Gasteiger partial charge in [-0.1, -0.05) is 0 Å². The van der Waals surface area contributed by atoms with Crippen LogP contribution in [0.15, 0.2) is 0 Å². The van der Waals surface area contributed by atoms with Crippen LogP contribution in [0.25, 0.3) is 0 Å². The van der Waals surface area contributed by atoms with Crippen molar-refractivity contribution >= 4 is 10.8 Å². The lowest BCUT2D eigenvalue weighted by atomic mass is 10.4. The van der Waals surface area contributed by atoms with Crippen LogP contribution >= 0.6 is 0 Å². The van der Waals surface area contributed by atoms with Gasteiger partial charge in [0.2, 0.25) is 0 Å². The summed E-state index contributed by atoms with van der Waals surface area (Å²) in [5, 5.41) is 3.00. The van der Waals surface area contributed by atoms with Gasteiger partial charge in [0.05, 0.1) is 0 Å². The van der Waals surface area contributed by atoms with Gasteiger partial charge in [-0.25, -0.2) is 0 Å². The molecule has 1 N–H and O–H groups in total. The highest BCUT2D eigenvalue weighted by Gasteiger charge is 1.97. The third-order valence-electron chi connectivity index (χ3n) is 0.978. The van der Waals surface area contributed by atoms with E-state index in [1.807, 2.05) is 14.0 Å². The van der Waals surface area contributed by atoms with Crippen LogP contribution in [0.4, 0.5) is 0 Å². The molecule has 0 fully saturated rings. The summed E-state index contributed by atoms with van der Waals surface area (Å²) in [7, 11) is 1.21. The van der Waals surface area contributed by atoms with E-state index in [0.717, 1.165) is 5.75 Å². The Labute approximate surface area is 53.1 Å². The number of hydrogen-bond donors (Lipinski definition) is 1. The molecule has 0 aliphatic carbocycles. The Balaban J connectivity index is 3.24. The summed E-state index contributed by atoms with van der Waals surface area (Å²) in [5.74, 6) is 0.747. The highest BCUT2D eigenvalue weighted by Crippen LogP contribution is 1.81. The molecular weight excluding hydrogens is 122 g/mol. The molecule has 0 aromatic carbocycles. The normalized spacial score (nSPS) is 17.9. The topological polar surface area (TPSA) is 29.1 Å². The lowest BCUT2D eigenvalue weighted by Crippen LogP contribution is -2.26. The maximum Gasteiger partial charge on any atom is 0.0383 e. The summed E-state index contributed by atoms with van der Waals surface area (Å²) >= 11 is 0. The Morgan fingerprint density at radius 2 is 2.25 bits per heavy atom. The Morgan fingerprint density at radius 1 is 1.75 bits per heavy atom. The van der Waals surface area contributed by atoms with E-state index < -0.39 is 10.8 Å². The average Bonchev–Trinajstić information content (AvgIpc) is 1.65. The summed E-state index contributed by atoms with van der Waals surface area (Å²) in [6.45, 7) is 2.02. The van der Waals surface area contributed by atoms with Crippen LogP contribution < -0.4 is 5.32 Å². The summed E-state index contributed by atoms with van der Waals surface area (Å²) < 4.78 is 10.5. The molecule has 0 bridgehead atoms. The van der Waals surface area contributed by atoms with Gasteiger partial charge in [0.15, 0.2) is 0 Å². The maximum atomic E-state index is 10.5. The molecule has 0 aliphatic rings. The van der Waals surface area contributed by atoms with Crippen molar-refractivity contribution in [3.8, 4) is 0 Å². The first kappa shape index (κ1) is 8.11. The van der Waals surface area contributed by atoms with E-state index in [9.17, 15) is 4.21 Å². The van der Waals surface area contributed by atoms with Gasteiger partial charge in [-0.15, -0.1) is 0 Å². The van der Waals surface area contributed by atoms with Crippen LogP contribution in [0.3, 0.4) is 0 Å². The molecule has 2 atom stereocenters. The van der Waals surface area contributed by atoms with Crippen molar-refractivity contribution < 1.29 is 4.21 Å². The predicted molar refractivity (Wildman–Crippen MR) is 37.5 cm³/mol. The van der Waals surface area contributed by atoms with Crippen LogP contribution in [-0.2, 0) is 10.8 Å². The monoisotopic (exact) mass is 135 g/mol. The Hall–Kier alpha value is 0.110. The van der Waals surface area contributed by atoms with Crippen molar-refractivity contribution in [1.29, 1.82) is 0 Å². The maximum absolute atomic E-state index is 10.5. The Bertz CT molecular complexity index is 84.5. The first-order valence-corrected chi connectivity index (χ1v) is 4.37. The molecule has 2 unspecified atom stereocenters. The second-order valence-corrected chi connectivity index (χ2v) is 3.41. The lowest BCUT2D eigenvalue weighted by Gasteiger charge is -2.05. The smallest absolute Gasteiger partial charge is 0.0383 e. The molecule has 2 nitrogen and oxygen atoms in total. The molecule has 0 rings (SSSR count). The minimum atomic E-state index is -0.658. The zero-order valence-electron chi connectivity index (χ0n) is 5.60. The van der Waals surface area contributed by atoms with Crippen molar-refractivity contribution in [2.45, 2.75) is 13.0 Å². The predicted octanol–water partition coefficient (Wildman–Crippen LogP) is -0.0272. The van der Waals surface area contributed by atoms with E-state index in [-0.39, 0.29) is 0 Å². The van der Waals surface area contributed by atoms with E-state index in [2.05, 4.69) is 5.32 Å². The van der Waals surface area contributed by atoms with E-state index >= 15 is 0 Å². The first-order chi connectivity index (χ1) is 3.66. The van der Waals surface area contributed by atoms with Crippen LogP contribution in [0.5, 0.6) is 0 Å². The highest BCUT2D eigenvalue weighted by molar-refractivity contribution is 7.84. The molecule has 0 aromatic heterocycles. The summed E-state index contributed by atoms with van der Waals surface area (Å²) in [5.41, 5.74) is 0. The van der Waals surface area contributed by atoms with Gasteiger partial charge in [-0.2, -0.15) is 0 Å². The van der Waals surface area contributed by atoms with Crippen molar-refractivity contribution in [3.63, 3.8) is 0 Å². The van der Waals surface area contributed by atoms with Crippen molar-refractivity contribution in [2.24, 2.45) is 0 Å². The van der Waals surface area contributed by atoms with Crippen molar-refractivity contribution in [3.05, 3.63) is 0 Å². The largest absolute Gasteiger partial charge is 0.316 e. The Morgan fingerprint density at radius 3 is 2.38 bits per heavy atom. The third kappa shape index (κ3) is 4.27. The fourth-order valence-corrected chi connectivity index (χ4v) is 1.31. The second kappa shape index (κ2) is 4.04. The SMILES string of the molecule is CNC(C)CS(C)=O. The Kier molecular flexibility index (Phi) is 4.09. The zero-order chi connectivity index (χ0) is 6.57. The highest BCUT2D eigenvalue weighted by atomic mass is 32.2. The fourth-order valence-electron chi connectivity index (χ4n) is 0.435. The van der Waals surface area contributed by atoms with Crippen LogP contribution in [0, 0.1) is 0 Å². The minimum absolute atomic E-state index is 0.376. The standard InChI is InChI=1S/C5H13NOS/c1-5(6-2)4-8(3)7/h5-6H,4H2,1-3H3. The summed E-state index contributed by atoms with van der Waals surface area (Å²) in [6, 6.07) is 0.376. The van der Waals surface area contributed by atoms with Gasteiger partial charge >= 0.3 is 0 Å². The minimum Gasteiger partial charge on any atom is -0.316 e. The van der Waals surface area contributed by atoms with Gasteiger partial charge in [-0.3, -0.25) is 4.21 Å². The number of rotatable bonds is 3. The molecule has 0 aromatic rings. The van der Waals surface area contributed by atoms with E-state index in [1.54, 1.807) is 6.26 Å². The molecule has 0 saturated carbocycles. The van der Waals surface area contributed by atoms with Gasteiger partial charge in [-0.05, 0) is 14.0 Å². The lowest BCUT2D eigenvalue weighted by molar-refractivity contribution is 0.649. The zero-order valence-corrected chi connectivity index (χ0v) is 6.42. The molecular formula is C5H13NOS.